The third kappa shape index (κ3) is 1.68. The molecule has 0 saturated heterocycles. The number of aromatic nitrogens is 1. The lowest BCUT2D eigenvalue weighted by Gasteiger charge is -2.12. The van der Waals surface area contributed by atoms with E-state index in [0.29, 0.717) is 0 Å². The van der Waals surface area contributed by atoms with E-state index in [1.165, 1.54) is 14.2 Å². The molecule has 0 aromatic carbocycles. The van der Waals surface area contributed by atoms with Crippen molar-refractivity contribution >= 4 is 5.82 Å². The second-order valence-electron chi connectivity index (χ2n) is 2.47. The summed E-state index contributed by atoms with van der Waals surface area (Å²) >= 11 is 0. The fraction of sp³-hybridized carbons (Fsp3) is 0.375. The highest BCUT2D eigenvalue weighted by Crippen LogP contribution is 2.39. The van der Waals surface area contributed by atoms with Gasteiger partial charge in [-0.2, -0.15) is 0 Å². The summed E-state index contributed by atoms with van der Waals surface area (Å²) < 4.78 is 34.5. The minimum Gasteiger partial charge on any atom is -0.492 e. The van der Waals surface area contributed by atoms with Gasteiger partial charge < -0.3 is 15.2 Å². The van der Waals surface area contributed by atoms with Crippen molar-refractivity contribution in [2.75, 3.05) is 20.0 Å². The average Bonchev–Trinajstić information content (AvgIpc) is 2.16. The van der Waals surface area contributed by atoms with Crippen LogP contribution in [0.25, 0.3) is 0 Å². The lowest BCUT2D eigenvalue weighted by molar-refractivity contribution is 0.145. The topological polar surface area (TPSA) is 57.4 Å². The summed E-state index contributed by atoms with van der Waals surface area (Å²) in [6.45, 7) is 0. The average molecular weight is 204 g/mol. The minimum absolute atomic E-state index is 0.0220. The first-order chi connectivity index (χ1) is 6.61. The Bertz CT molecular complexity index is 331. The Morgan fingerprint density at radius 3 is 2.29 bits per heavy atom. The van der Waals surface area contributed by atoms with Crippen LogP contribution in [-0.2, 0) is 0 Å². The molecule has 78 valence electrons. The summed E-state index contributed by atoms with van der Waals surface area (Å²) in [6, 6.07) is 0. The van der Waals surface area contributed by atoms with Gasteiger partial charge >= 0.3 is 0 Å². The number of halogens is 2. The van der Waals surface area contributed by atoms with E-state index in [4.69, 9.17) is 15.2 Å². The van der Waals surface area contributed by atoms with Crippen LogP contribution in [0.2, 0.25) is 0 Å². The van der Waals surface area contributed by atoms with Crippen molar-refractivity contribution in [3.05, 3.63) is 11.8 Å². The van der Waals surface area contributed by atoms with Crippen LogP contribution in [0.5, 0.6) is 11.5 Å². The maximum atomic E-state index is 12.4. The maximum absolute atomic E-state index is 12.4. The number of pyridine rings is 1. The number of ether oxygens (including phenoxy) is 2. The number of alkyl halides is 2. The van der Waals surface area contributed by atoms with Crippen molar-refractivity contribution in [3.63, 3.8) is 0 Å². The molecule has 1 rings (SSSR count). The highest BCUT2D eigenvalue weighted by molar-refractivity contribution is 5.58. The van der Waals surface area contributed by atoms with E-state index in [2.05, 4.69) is 4.98 Å². The quantitative estimate of drug-likeness (QED) is 0.812. The number of anilines is 1. The van der Waals surface area contributed by atoms with Crippen molar-refractivity contribution in [1.82, 2.24) is 4.98 Å². The molecule has 0 atom stereocenters. The first-order valence-corrected chi connectivity index (χ1v) is 3.76. The van der Waals surface area contributed by atoms with Crippen LogP contribution < -0.4 is 15.2 Å². The van der Waals surface area contributed by atoms with Gasteiger partial charge in [-0.3, -0.25) is 0 Å². The fourth-order valence-electron chi connectivity index (χ4n) is 1.07. The zero-order valence-corrected chi connectivity index (χ0v) is 7.75. The predicted octanol–water partition coefficient (Wildman–Crippen LogP) is 1.62. The van der Waals surface area contributed by atoms with Gasteiger partial charge in [0.2, 0.25) is 5.75 Å². The molecule has 6 heteroatoms. The van der Waals surface area contributed by atoms with E-state index < -0.39 is 6.43 Å². The van der Waals surface area contributed by atoms with Crippen LogP contribution in [-0.4, -0.2) is 19.2 Å². The molecule has 1 aromatic heterocycles. The van der Waals surface area contributed by atoms with Crippen molar-refractivity contribution in [2.45, 2.75) is 6.43 Å². The van der Waals surface area contributed by atoms with Crippen molar-refractivity contribution in [1.29, 1.82) is 0 Å². The van der Waals surface area contributed by atoms with Gasteiger partial charge in [0.15, 0.2) is 11.6 Å². The predicted molar refractivity (Wildman–Crippen MR) is 46.7 cm³/mol. The molecule has 0 spiro atoms. The SMILES string of the molecule is COc1c(C(F)F)cnc(N)c1OC. The molecule has 0 saturated carbocycles. The van der Waals surface area contributed by atoms with Gasteiger partial charge in [0.25, 0.3) is 6.43 Å². The van der Waals surface area contributed by atoms with Gasteiger partial charge in [-0.1, -0.05) is 0 Å². The Hall–Kier alpha value is -1.59. The first-order valence-electron chi connectivity index (χ1n) is 3.76. The summed E-state index contributed by atoms with van der Waals surface area (Å²) in [5.74, 6) is -0.0194. The molecule has 0 amide bonds. The largest absolute Gasteiger partial charge is 0.492 e. The fourth-order valence-corrected chi connectivity index (χ4v) is 1.07. The standard InChI is InChI=1S/C8H10F2N2O2/c1-13-5-4(7(9)10)3-12-8(11)6(5)14-2/h3,7H,1-2H3,(H2,11,12). The van der Waals surface area contributed by atoms with E-state index in [9.17, 15) is 8.78 Å². The molecule has 2 N–H and O–H groups in total. The van der Waals surface area contributed by atoms with Crippen LogP contribution in [0.1, 0.15) is 12.0 Å². The third-order valence-corrected chi connectivity index (χ3v) is 1.69. The lowest BCUT2D eigenvalue weighted by Crippen LogP contribution is -2.02. The van der Waals surface area contributed by atoms with Gasteiger partial charge in [0.1, 0.15) is 0 Å². The summed E-state index contributed by atoms with van der Waals surface area (Å²) in [6.07, 6.45) is -1.70. The van der Waals surface area contributed by atoms with Gasteiger partial charge in [0.05, 0.1) is 19.8 Å². The Kier molecular flexibility index (Phi) is 3.06. The van der Waals surface area contributed by atoms with Gasteiger partial charge in [0, 0.05) is 6.20 Å². The van der Waals surface area contributed by atoms with E-state index in [1.54, 1.807) is 0 Å². The summed E-state index contributed by atoms with van der Waals surface area (Å²) in [7, 11) is 2.58. The Labute approximate surface area is 79.6 Å². The summed E-state index contributed by atoms with van der Waals surface area (Å²) in [5, 5.41) is 0. The molecule has 0 aliphatic rings. The molecule has 0 aliphatic heterocycles. The Morgan fingerprint density at radius 2 is 1.86 bits per heavy atom. The normalized spacial score (nSPS) is 10.4. The molecule has 0 fully saturated rings. The van der Waals surface area contributed by atoms with E-state index in [1.807, 2.05) is 0 Å². The monoisotopic (exact) mass is 204 g/mol. The van der Waals surface area contributed by atoms with Crippen molar-refractivity contribution in [2.24, 2.45) is 0 Å². The molecule has 0 radical (unpaired) electrons. The molecule has 1 aromatic rings. The number of nitrogen functional groups attached to an aromatic ring is 1. The van der Waals surface area contributed by atoms with Crippen LogP contribution >= 0.6 is 0 Å². The summed E-state index contributed by atoms with van der Waals surface area (Å²) in [4.78, 5) is 3.57. The number of hydrogen-bond donors (Lipinski definition) is 1. The number of nitrogens with zero attached hydrogens (tertiary/aromatic N) is 1. The zero-order valence-electron chi connectivity index (χ0n) is 7.75. The maximum Gasteiger partial charge on any atom is 0.269 e. The van der Waals surface area contributed by atoms with Crippen LogP contribution in [0.3, 0.4) is 0 Å². The van der Waals surface area contributed by atoms with Gasteiger partial charge in [-0.15, -0.1) is 0 Å². The second kappa shape index (κ2) is 4.08. The molecule has 0 bridgehead atoms. The molecular formula is C8H10F2N2O2. The van der Waals surface area contributed by atoms with E-state index >= 15 is 0 Å². The van der Waals surface area contributed by atoms with Gasteiger partial charge in [-0.25, -0.2) is 13.8 Å². The van der Waals surface area contributed by atoms with Crippen LogP contribution in [0, 0.1) is 0 Å². The Morgan fingerprint density at radius 1 is 1.29 bits per heavy atom. The zero-order chi connectivity index (χ0) is 10.7. The third-order valence-electron chi connectivity index (χ3n) is 1.69. The molecule has 4 nitrogen and oxygen atoms in total. The van der Waals surface area contributed by atoms with Gasteiger partial charge in [-0.05, 0) is 0 Å². The minimum atomic E-state index is -2.67. The van der Waals surface area contributed by atoms with Crippen LogP contribution in [0.4, 0.5) is 14.6 Å². The first kappa shape index (κ1) is 10.5. The lowest BCUT2D eigenvalue weighted by atomic mass is 10.2. The molecule has 14 heavy (non-hydrogen) atoms. The second-order valence-corrected chi connectivity index (χ2v) is 2.47. The molecule has 1 heterocycles. The highest BCUT2D eigenvalue weighted by atomic mass is 19.3. The van der Waals surface area contributed by atoms with Crippen molar-refractivity contribution < 1.29 is 18.3 Å². The molecule has 0 aliphatic carbocycles. The summed E-state index contributed by atoms with van der Waals surface area (Å²) in [5.41, 5.74) is 5.08. The number of methoxy groups -OCH3 is 2. The van der Waals surface area contributed by atoms with Crippen molar-refractivity contribution in [3.8, 4) is 11.5 Å². The Balaban J connectivity index is 3.33. The smallest absolute Gasteiger partial charge is 0.269 e. The van der Waals surface area contributed by atoms with Crippen LogP contribution in [0.15, 0.2) is 6.20 Å². The number of hydrogen-bond acceptors (Lipinski definition) is 4. The molecule has 0 unspecified atom stereocenters. The highest BCUT2D eigenvalue weighted by Gasteiger charge is 2.20. The van der Waals surface area contributed by atoms with E-state index in [0.717, 1.165) is 6.20 Å². The molecular weight excluding hydrogens is 194 g/mol. The number of rotatable bonds is 3. The van der Waals surface area contributed by atoms with E-state index in [-0.39, 0.29) is 22.9 Å². The number of nitrogens with two attached hydrogens (primary N) is 1.